The molecule has 31 heavy (non-hydrogen) atoms. The molecule has 2 aliphatic rings. The van der Waals surface area contributed by atoms with Gasteiger partial charge in [0, 0.05) is 13.1 Å². The van der Waals surface area contributed by atoms with Crippen LogP contribution in [-0.4, -0.2) is 42.9 Å². The highest BCUT2D eigenvalue weighted by molar-refractivity contribution is 5.68. The lowest BCUT2D eigenvalue weighted by atomic mass is 9.68. The van der Waals surface area contributed by atoms with Crippen LogP contribution < -0.4 is 9.47 Å². The van der Waals surface area contributed by atoms with Gasteiger partial charge in [0.1, 0.15) is 5.60 Å². The summed E-state index contributed by atoms with van der Waals surface area (Å²) < 4.78 is 17.3. The highest BCUT2D eigenvalue weighted by atomic mass is 16.6. The summed E-state index contributed by atoms with van der Waals surface area (Å²) >= 11 is 0. The van der Waals surface area contributed by atoms with Crippen LogP contribution in [0, 0.1) is 11.3 Å². The fraction of sp³-hybridized carbons (Fsp3) is 0.680. The Morgan fingerprint density at radius 3 is 2.48 bits per heavy atom. The molecule has 2 fully saturated rings. The van der Waals surface area contributed by atoms with Crippen molar-refractivity contribution < 1.29 is 19.0 Å². The monoisotopic (exact) mass is 428 g/mol. The van der Waals surface area contributed by atoms with E-state index in [2.05, 4.69) is 6.07 Å². The first-order chi connectivity index (χ1) is 14.7. The molecule has 2 aliphatic carbocycles. The normalized spacial score (nSPS) is 24.3. The minimum Gasteiger partial charge on any atom is -0.493 e. The topological polar surface area (TPSA) is 71.8 Å². The SMILES string of the molecule is COc1ccc([C@@]2(C#N)CCC[C@@H](N(C)C(=O)OC(C)(C)C)C2)cc1OC1CCCC1. The lowest BCUT2D eigenvalue weighted by Crippen LogP contribution is -2.46. The molecule has 6 heteroatoms. The summed E-state index contributed by atoms with van der Waals surface area (Å²) in [6.07, 6.45) is 7.42. The van der Waals surface area contributed by atoms with E-state index in [0.29, 0.717) is 17.9 Å². The molecule has 0 aromatic heterocycles. The summed E-state index contributed by atoms with van der Waals surface area (Å²) in [5.41, 5.74) is -0.278. The van der Waals surface area contributed by atoms with Crippen molar-refractivity contribution in [3.05, 3.63) is 23.8 Å². The van der Waals surface area contributed by atoms with Crippen LogP contribution in [-0.2, 0) is 10.2 Å². The second-order valence-corrected chi connectivity index (χ2v) is 9.93. The number of amides is 1. The molecule has 0 N–H and O–H groups in total. The average Bonchev–Trinajstić information content (AvgIpc) is 3.25. The molecule has 3 rings (SSSR count). The van der Waals surface area contributed by atoms with Gasteiger partial charge in [-0.05, 0) is 89.8 Å². The number of methoxy groups -OCH3 is 1. The molecule has 0 aliphatic heterocycles. The predicted molar refractivity (Wildman–Crippen MR) is 119 cm³/mol. The smallest absolute Gasteiger partial charge is 0.410 e. The number of nitrogens with zero attached hydrogens (tertiary/aromatic N) is 2. The van der Waals surface area contributed by atoms with Crippen LogP contribution >= 0.6 is 0 Å². The number of ether oxygens (including phenoxy) is 3. The third-order valence-corrected chi connectivity index (χ3v) is 6.48. The van der Waals surface area contributed by atoms with Crippen LogP contribution in [0.2, 0.25) is 0 Å². The van der Waals surface area contributed by atoms with E-state index in [9.17, 15) is 10.1 Å². The van der Waals surface area contributed by atoms with Crippen LogP contribution in [0.15, 0.2) is 18.2 Å². The van der Waals surface area contributed by atoms with E-state index < -0.39 is 11.0 Å². The van der Waals surface area contributed by atoms with Gasteiger partial charge in [0.25, 0.3) is 0 Å². The maximum Gasteiger partial charge on any atom is 0.410 e. The summed E-state index contributed by atoms with van der Waals surface area (Å²) in [6.45, 7) is 5.59. The molecule has 0 radical (unpaired) electrons. The van der Waals surface area contributed by atoms with Crippen molar-refractivity contribution >= 4 is 6.09 Å². The fourth-order valence-electron chi connectivity index (χ4n) is 4.74. The highest BCUT2D eigenvalue weighted by Crippen LogP contribution is 2.44. The van der Waals surface area contributed by atoms with Gasteiger partial charge in [-0.2, -0.15) is 5.26 Å². The molecule has 2 atom stereocenters. The average molecular weight is 429 g/mol. The summed E-state index contributed by atoms with van der Waals surface area (Å²) in [5, 5.41) is 10.3. The van der Waals surface area contributed by atoms with E-state index in [4.69, 9.17) is 14.2 Å². The zero-order valence-corrected chi connectivity index (χ0v) is 19.6. The van der Waals surface area contributed by atoms with Crippen LogP contribution in [0.4, 0.5) is 4.79 Å². The fourth-order valence-corrected chi connectivity index (χ4v) is 4.74. The van der Waals surface area contributed by atoms with Crippen molar-refractivity contribution in [1.29, 1.82) is 5.26 Å². The van der Waals surface area contributed by atoms with Crippen LogP contribution in [0.25, 0.3) is 0 Å². The molecule has 1 aromatic rings. The van der Waals surface area contributed by atoms with Crippen LogP contribution in [0.3, 0.4) is 0 Å². The summed E-state index contributed by atoms with van der Waals surface area (Å²) in [4.78, 5) is 14.3. The van der Waals surface area contributed by atoms with Gasteiger partial charge < -0.3 is 19.1 Å². The highest BCUT2D eigenvalue weighted by Gasteiger charge is 2.41. The molecule has 1 amide bonds. The first kappa shape index (κ1) is 23.2. The first-order valence-electron chi connectivity index (χ1n) is 11.4. The quantitative estimate of drug-likeness (QED) is 0.611. The molecule has 170 valence electrons. The largest absolute Gasteiger partial charge is 0.493 e. The third kappa shape index (κ3) is 5.44. The lowest BCUT2D eigenvalue weighted by molar-refractivity contribution is 0.0165. The van der Waals surface area contributed by atoms with Gasteiger partial charge in [0.15, 0.2) is 11.5 Å². The van der Waals surface area contributed by atoms with Gasteiger partial charge in [-0.3, -0.25) is 0 Å². The Labute approximate surface area is 186 Å². The number of nitriles is 1. The summed E-state index contributed by atoms with van der Waals surface area (Å²) in [6, 6.07) is 8.39. The molecule has 0 bridgehead atoms. The van der Waals surface area contributed by atoms with E-state index in [-0.39, 0.29) is 18.2 Å². The maximum absolute atomic E-state index is 12.6. The van der Waals surface area contributed by atoms with Gasteiger partial charge in [-0.1, -0.05) is 6.07 Å². The van der Waals surface area contributed by atoms with Gasteiger partial charge in [0.05, 0.1) is 24.7 Å². The lowest BCUT2D eigenvalue weighted by Gasteiger charge is -2.40. The zero-order valence-electron chi connectivity index (χ0n) is 19.6. The molecule has 0 spiro atoms. The number of hydrogen-bond acceptors (Lipinski definition) is 5. The maximum atomic E-state index is 12.6. The van der Waals surface area contributed by atoms with Crippen molar-refractivity contribution in [2.24, 2.45) is 0 Å². The molecule has 1 aromatic carbocycles. The number of benzene rings is 1. The second kappa shape index (κ2) is 9.38. The van der Waals surface area contributed by atoms with E-state index in [1.54, 1.807) is 19.1 Å². The van der Waals surface area contributed by atoms with Gasteiger partial charge in [0.2, 0.25) is 0 Å². The van der Waals surface area contributed by atoms with E-state index in [1.165, 1.54) is 12.8 Å². The van der Waals surface area contributed by atoms with Crippen molar-refractivity contribution in [2.45, 2.75) is 95.3 Å². The standard InChI is InChI=1S/C25H36N2O4/c1-24(2,3)31-23(28)27(4)19-9-8-14-25(16-19,17-26)18-12-13-21(29-5)22(15-18)30-20-10-6-7-11-20/h12-13,15,19-20H,6-11,14,16H2,1-5H3/t19-,25+/m1/s1. The van der Waals surface area contributed by atoms with Crippen LogP contribution in [0.5, 0.6) is 11.5 Å². The van der Waals surface area contributed by atoms with Gasteiger partial charge >= 0.3 is 6.09 Å². The van der Waals surface area contributed by atoms with Gasteiger partial charge in [-0.15, -0.1) is 0 Å². The minimum atomic E-state index is -0.667. The molecule has 2 saturated carbocycles. The summed E-state index contributed by atoms with van der Waals surface area (Å²) in [5.74, 6) is 1.41. The van der Waals surface area contributed by atoms with Crippen molar-refractivity contribution in [3.8, 4) is 17.6 Å². The second-order valence-electron chi connectivity index (χ2n) is 9.93. The van der Waals surface area contributed by atoms with E-state index in [0.717, 1.165) is 37.7 Å². The third-order valence-electron chi connectivity index (χ3n) is 6.48. The van der Waals surface area contributed by atoms with E-state index in [1.807, 2.05) is 39.0 Å². The first-order valence-corrected chi connectivity index (χ1v) is 11.4. The Morgan fingerprint density at radius 2 is 1.87 bits per heavy atom. The van der Waals surface area contributed by atoms with Crippen molar-refractivity contribution in [3.63, 3.8) is 0 Å². The number of carbonyl (C=O) groups is 1. The molecule has 6 nitrogen and oxygen atoms in total. The minimum absolute atomic E-state index is 0.0513. The van der Waals surface area contributed by atoms with Gasteiger partial charge in [-0.25, -0.2) is 4.79 Å². The Morgan fingerprint density at radius 1 is 1.16 bits per heavy atom. The van der Waals surface area contributed by atoms with Crippen molar-refractivity contribution in [2.75, 3.05) is 14.2 Å². The molecule has 0 heterocycles. The van der Waals surface area contributed by atoms with Crippen molar-refractivity contribution in [1.82, 2.24) is 4.90 Å². The zero-order chi connectivity index (χ0) is 22.6. The number of rotatable bonds is 5. The summed E-state index contributed by atoms with van der Waals surface area (Å²) in [7, 11) is 3.41. The Hall–Kier alpha value is -2.42. The van der Waals surface area contributed by atoms with E-state index >= 15 is 0 Å². The Balaban J connectivity index is 1.83. The molecular weight excluding hydrogens is 392 g/mol. The predicted octanol–water partition coefficient (Wildman–Crippen LogP) is 5.59. The Kier molecular flexibility index (Phi) is 7.03. The number of carbonyl (C=O) groups excluding carboxylic acids is 1. The van der Waals surface area contributed by atoms with Crippen LogP contribution in [0.1, 0.15) is 77.7 Å². The Bertz CT molecular complexity index is 820. The molecule has 0 saturated heterocycles. The molecular formula is C25H36N2O4. The molecule has 0 unspecified atom stereocenters. The number of hydrogen-bond donors (Lipinski definition) is 0.